The molecule has 1 fully saturated rings. The first-order valence-corrected chi connectivity index (χ1v) is 10.4. The molecule has 0 aliphatic heterocycles. The Morgan fingerprint density at radius 3 is 2.50 bits per heavy atom. The second kappa shape index (κ2) is 9.16. The molecule has 2 N–H and O–H groups in total. The maximum absolute atomic E-state index is 13.2. The smallest absolute Gasteiger partial charge is 0.124 e. The Morgan fingerprint density at radius 1 is 1.00 bits per heavy atom. The molecule has 1 saturated carbocycles. The van der Waals surface area contributed by atoms with Crippen molar-refractivity contribution in [2.24, 2.45) is 5.92 Å². The SMILES string of the molecule is Fc1ccc(-c2cnc([C@@H](Cc3ccccc3)NCC3CCCCC3)[nH]2)cc1. The van der Waals surface area contributed by atoms with Gasteiger partial charge in [0.05, 0.1) is 17.9 Å². The van der Waals surface area contributed by atoms with E-state index >= 15 is 0 Å². The van der Waals surface area contributed by atoms with Crippen LogP contribution in [0.25, 0.3) is 11.3 Å². The van der Waals surface area contributed by atoms with Crippen molar-refractivity contribution in [3.05, 3.63) is 78.0 Å². The molecular weight excluding hydrogens is 349 g/mol. The summed E-state index contributed by atoms with van der Waals surface area (Å²) in [5.41, 5.74) is 3.17. The second-order valence-electron chi connectivity index (χ2n) is 7.84. The van der Waals surface area contributed by atoms with Crippen molar-refractivity contribution >= 4 is 0 Å². The van der Waals surface area contributed by atoms with Crippen LogP contribution in [0, 0.1) is 11.7 Å². The number of aromatic nitrogens is 2. The summed E-state index contributed by atoms with van der Waals surface area (Å²) in [6.45, 7) is 1.03. The van der Waals surface area contributed by atoms with E-state index in [-0.39, 0.29) is 11.9 Å². The highest BCUT2D eigenvalue weighted by atomic mass is 19.1. The molecule has 1 aromatic heterocycles. The van der Waals surface area contributed by atoms with E-state index in [4.69, 9.17) is 0 Å². The lowest BCUT2D eigenvalue weighted by Crippen LogP contribution is -2.30. The van der Waals surface area contributed by atoms with Crippen LogP contribution in [0.4, 0.5) is 4.39 Å². The summed E-state index contributed by atoms with van der Waals surface area (Å²) in [7, 11) is 0. The average molecular weight is 378 g/mol. The number of imidazole rings is 1. The summed E-state index contributed by atoms with van der Waals surface area (Å²) < 4.78 is 13.2. The molecule has 1 aliphatic rings. The number of hydrogen-bond donors (Lipinski definition) is 2. The first-order valence-electron chi connectivity index (χ1n) is 10.4. The van der Waals surface area contributed by atoms with E-state index in [0.29, 0.717) is 0 Å². The van der Waals surface area contributed by atoms with E-state index in [2.05, 4.69) is 39.6 Å². The number of aromatic amines is 1. The topological polar surface area (TPSA) is 40.7 Å². The Kier molecular flexibility index (Phi) is 6.17. The zero-order valence-electron chi connectivity index (χ0n) is 16.2. The van der Waals surface area contributed by atoms with Gasteiger partial charge in [0.2, 0.25) is 0 Å². The van der Waals surface area contributed by atoms with Gasteiger partial charge < -0.3 is 10.3 Å². The van der Waals surface area contributed by atoms with Crippen LogP contribution in [0.15, 0.2) is 60.8 Å². The first kappa shape index (κ1) is 18.9. The first-order chi connectivity index (χ1) is 13.8. The van der Waals surface area contributed by atoms with E-state index in [1.165, 1.54) is 49.8 Å². The average Bonchev–Trinajstić information content (AvgIpc) is 3.23. The number of nitrogens with one attached hydrogen (secondary N) is 2. The van der Waals surface area contributed by atoms with Crippen molar-refractivity contribution in [3.8, 4) is 11.3 Å². The van der Waals surface area contributed by atoms with Gasteiger partial charge >= 0.3 is 0 Å². The molecule has 0 unspecified atom stereocenters. The Hall–Kier alpha value is -2.46. The lowest BCUT2D eigenvalue weighted by Gasteiger charge is -2.25. The molecule has 0 bridgehead atoms. The van der Waals surface area contributed by atoms with Crippen LogP contribution in [0.1, 0.15) is 49.5 Å². The number of benzene rings is 2. The number of H-pyrrole nitrogens is 1. The van der Waals surface area contributed by atoms with Gasteiger partial charge in [0, 0.05) is 0 Å². The second-order valence-corrected chi connectivity index (χ2v) is 7.84. The summed E-state index contributed by atoms with van der Waals surface area (Å²) in [5.74, 6) is 1.48. The Bertz CT molecular complexity index is 851. The van der Waals surface area contributed by atoms with Crippen LogP contribution in [0.3, 0.4) is 0 Å². The van der Waals surface area contributed by atoms with E-state index in [1.54, 1.807) is 12.1 Å². The van der Waals surface area contributed by atoms with Gasteiger partial charge in [-0.1, -0.05) is 49.6 Å². The van der Waals surface area contributed by atoms with Crippen LogP contribution < -0.4 is 5.32 Å². The maximum Gasteiger partial charge on any atom is 0.124 e. The quantitative estimate of drug-likeness (QED) is 0.557. The van der Waals surface area contributed by atoms with Crippen molar-refractivity contribution in [1.29, 1.82) is 0 Å². The van der Waals surface area contributed by atoms with E-state index in [1.807, 2.05) is 12.3 Å². The molecule has 3 aromatic rings. The van der Waals surface area contributed by atoms with Gasteiger partial charge in [0.15, 0.2) is 0 Å². The summed E-state index contributed by atoms with van der Waals surface area (Å²) in [6.07, 6.45) is 9.47. The Morgan fingerprint density at radius 2 is 1.75 bits per heavy atom. The van der Waals surface area contributed by atoms with Crippen molar-refractivity contribution in [3.63, 3.8) is 0 Å². The predicted molar refractivity (Wildman–Crippen MR) is 111 cm³/mol. The molecule has 3 nitrogen and oxygen atoms in total. The molecule has 2 aromatic carbocycles. The summed E-state index contributed by atoms with van der Waals surface area (Å²) in [5, 5.41) is 3.77. The molecule has 1 atom stereocenters. The number of halogens is 1. The highest BCUT2D eigenvalue weighted by molar-refractivity contribution is 5.58. The number of hydrogen-bond acceptors (Lipinski definition) is 2. The molecule has 0 saturated heterocycles. The Labute approximate surface area is 166 Å². The van der Waals surface area contributed by atoms with Crippen molar-refractivity contribution in [2.75, 3.05) is 6.54 Å². The van der Waals surface area contributed by atoms with Crippen LogP contribution in [0.2, 0.25) is 0 Å². The van der Waals surface area contributed by atoms with E-state index in [0.717, 1.165) is 36.0 Å². The predicted octanol–water partition coefficient (Wildman–Crippen LogP) is 5.67. The molecule has 1 aliphatic carbocycles. The fraction of sp³-hybridized carbons (Fsp3) is 0.375. The van der Waals surface area contributed by atoms with Gasteiger partial charge in [-0.05, 0) is 67.1 Å². The third kappa shape index (κ3) is 4.87. The highest BCUT2D eigenvalue weighted by Crippen LogP contribution is 2.25. The van der Waals surface area contributed by atoms with Crippen LogP contribution in [-0.4, -0.2) is 16.5 Å². The normalized spacial score (nSPS) is 16.2. The molecule has 146 valence electrons. The lowest BCUT2D eigenvalue weighted by atomic mass is 9.89. The molecule has 4 rings (SSSR count). The number of nitrogens with zero attached hydrogens (tertiary/aromatic N) is 1. The lowest BCUT2D eigenvalue weighted by molar-refractivity contribution is 0.325. The van der Waals surface area contributed by atoms with Crippen LogP contribution in [0.5, 0.6) is 0 Å². The minimum Gasteiger partial charge on any atom is -0.341 e. The zero-order valence-corrected chi connectivity index (χ0v) is 16.2. The van der Waals surface area contributed by atoms with Crippen molar-refractivity contribution in [2.45, 2.75) is 44.6 Å². The van der Waals surface area contributed by atoms with E-state index < -0.39 is 0 Å². The third-order valence-electron chi connectivity index (χ3n) is 5.74. The Balaban J connectivity index is 1.51. The molecule has 28 heavy (non-hydrogen) atoms. The van der Waals surface area contributed by atoms with Gasteiger partial charge in [-0.25, -0.2) is 9.37 Å². The summed E-state index contributed by atoms with van der Waals surface area (Å²) in [4.78, 5) is 8.12. The van der Waals surface area contributed by atoms with E-state index in [9.17, 15) is 4.39 Å². The van der Waals surface area contributed by atoms with Crippen molar-refractivity contribution in [1.82, 2.24) is 15.3 Å². The highest BCUT2D eigenvalue weighted by Gasteiger charge is 2.19. The van der Waals surface area contributed by atoms with Crippen LogP contribution in [-0.2, 0) is 6.42 Å². The molecule has 4 heteroatoms. The number of rotatable bonds is 7. The molecule has 0 radical (unpaired) electrons. The minimum atomic E-state index is -0.223. The summed E-state index contributed by atoms with van der Waals surface area (Å²) >= 11 is 0. The summed E-state index contributed by atoms with van der Waals surface area (Å²) in [6, 6.07) is 17.2. The van der Waals surface area contributed by atoms with Crippen molar-refractivity contribution < 1.29 is 4.39 Å². The van der Waals surface area contributed by atoms with Gasteiger partial charge in [-0.3, -0.25) is 0 Å². The van der Waals surface area contributed by atoms with Gasteiger partial charge in [-0.15, -0.1) is 0 Å². The molecule has 0 spiro atoms. The standard InChI is InChI=1S/C24H28FN3/c25-21-13-11-20(12-14-21)23-17-27-24(28-23)22(15-18-7-3-1-4-8-18)26-16-19-9-5-2-6-10-19/h1,3-4,7-8,11-14,17,19,22,26H,2,5-6,9-10,15-16H2,(H,27,28)/t22-/m1/s1. The zero-order chi connectivity index (χ0) is 19.2. The third-order valence-corrected chi connectivity index (χ3v) is 5.74. The van der Waals surface area contributed by atoms with Gasteiger partial charge in [0.25, 0.3) is 0 Å². The van der Waals surface area contributed by atoms with Gasteiger partial charge in [-0.2, -0.15) is 0 Å². The largest absolute Gasteiger partial charge is 0.341 e. The van der Waals surface area contributed by atoms with Crippen LogP contribution >= 0.6 is 0 Å². The maximum atomic E-state index is 13.2. The monoisotopic (exact) mass is 377 g/mol. The fourth-order valence-corrected chi connectivity index (χ4v) is 4.11. The minimum absolute atomic E-state index is 0.138. The van der Waals surface area contributed by atoms with Gasteiger partial charge in [0.1, 0.15) is 11.6 Å². The molecule has 1 heterocycles. The molecular formula is C24H28FN3. The fourth-order valence-electron chi connectivity index (χ4n) is 4.11. The molecule has 0 amide bonds.